The van der Waals surface area contributed by atoms with Crippen LogP contribution in [0.5, 0.6) is 0 Å². The number of carbonyl (C=O) groups excluding carboxylic acids is 9. The van der Waals surface area contributed by atoms with E-state index in [-0.39, 0.29) is 137 Å². The molecule has 4 aliphatic rings. The van der Waals surface area contributed by atoms with Gasteiger partial charge < -0.3 is 35.1 Å². The number of aromatic nitrogens is 2. The molecule has 0 fully saturated rings. The summed E-state index contributed by atoms with van der Waals surface area (Å²) in [5, 5.41) is 19.9. The molecule has 20 heteroatoms. The average molecular weight is 1030 g/mol. The van der Waals surface area contributed by atoms with Crippen LogP contribution in [0.3, 0.4) is 0 Å². The first kappa shape index (κ1) is 53.7. The lowest BCUT2D eigenvalue weighted by atomic mass is 9.76. The topological polar surface area (TPSA) is 267 Å². The van der Waals surface area contributed by atoms with E-state index in [9.17, 15) is 53.1 Å². The molecule has 8 rings (SSSR count). The minimum Gasteiger partial charge on any atom is -0.458 e. The number of benzene rings is 2. The Morgan fingerprint density at radius 1 is 0.880 bits per heavy atom. The Morgan fingerprint density at radius 2 is 1.61 bits per heavy atom. The number of aryl methyl sites for hydroxylation is 1. The molecular weight excluding hydrogens is 972 g/mol. The van der Waals surface area contributed by atoms with Gasteiger partial charge in [0, 0.05) is 79.8 Å². The number of cyclic esters (lactones) is 1. The molecule has 4 aromatic rings. The second kappa shape index (κ2) is 23.3. The molecule has 0 radical (unpaired) electrons. The molecule has 0 unspecified atom stereocenters. The Balaban J connectivity index is 0.805. The number of carbonyl (C=O) groups is 9. The van der Waals surface area contributed by atoms with Crippen LogP contribution in [-0.4, -0.2) is 105 Å². The van der Waals surface area contributed by atoms with Gasteiger partial charge >= 0.3 is 5.97 Å². The number of ketones is 3. The fraction of sp³-hybridized carbons (Fsp3) is 0.436. The number of pyridine rings is 2. The molecule has 394 valence electrons. The number of nitrogens with zero attached hydrogens (tertiary/aromatic N) is 3. The minimum atomic E-state index is -2.04. The maximum Gasteiger partial charge on any atom is 0.343 e. The number of hydrogen-bond acceptors (Lipinski definition) is 14. The second-order valence-electron chi connectivity index (χ2n) is 19.4. The first-order valence-corrected chi connectivity index (χ1v) is 25.3. The third-order valence-electron chi connectivity index (χ3n) is 14.5. The normalized spacial score (nSPS) is 17.5. The largest absolute Gasteiger partial charge is 0.458 e. The number of hydrogen-bond donors (Lipinski definition) is 4. The monoisotopic (exact) mass is 1030 g/mol. The van der Waals surface area contributed by atoms with E-state index >= 15 is 4.39 Å². The molecule has 75 heavy (non-hydrogen) atoms. The van der Waals surface area contributed by atoms with Crippen molar-refractivity contribution in [3.63, 3.8) is 0 Å². The van der Waals surface area contributed by atoms with E-state index in [1.54, 1.807) is 50.2 Å². The number of fused-ring (bicyclic) bond motifs is 5. The highest BCUT2D eigenvalue weighted by atomic mass is 19.1. The van der Waals surface area contributed by atoms with E-state index in [1.807, 2.05) is 0 Å². The van der Waals surface area contributed by atoms with Crippen molar-refractivity contribution < 1.29 is 62.1 Å². The lowest BCUT2D eigenvalue weighted by Gasteiger charge is -2.31. The van der Waals surface area contributed by atoms with E-state index in [4.69, 9.17) is 14.5 Å². The molecule has 3 aliphatic heterocycles. The van der Waals surface area contributed by atoms with Gasteiger partial charge in [0.05, 0.1) is 41.6 Å². The van der Waals surface area contributed by atoms with E-state index in [2.05, 4.69) is 16.0 Å². The van der Waals surface area contributed by atoms with E-state index in [0.29, 0.717) is 60.1 Å². The summed E-state index contributed by atoms with van der Waals surface area (Å²) in [6, 6.07) is 10.9. The highest BCUT2D eigenvalue weighted by Gasteiger charge is 2.46. The quantitative estimate of drug-likeness (QED) is 0.0282. The number of Topliss-reactive ketones (excluding diaryl/α,β-unsaturated/α-hetero) is 3. The molecule has 19 nitrogen and oxygen atoms in total. The number of rotatable bonds is 25. The summed E-state index contributed by atoms with van der Waals surface area (Å²) < 4.78 is 27.7. The van der Waals surface area contributed by atoms with Crippen molar-refractivity contribution in [1.29, 1.82) is 0 Å². The summed E-state index contributed by atoms with van der Waals surface area (Å²) in [6.45, 7) is 2.40. The summed E-state index contributed by atoms with van der Waals surface area (Å²) in [7, 11) is 0. The number of halogens is 1. The predicted octanol–water partition coefficient (Wildman–Crippen LogP) is 3.63. The van der Waals surface area contributed by atoms with Crippen molar-refractivity contribution in [2.45, 2.75) is 128 Å². The first-order valence-electron chi connectivity index (χ1n) is 25.3. The number of aliphatic hydroxyl groups is 1. The van der Waals surface area contributed by atoms with Crippen LogP contribution in [0.15, 0.2) is 59.4 Å². The Hall–Kier alpha value is -7.58. The van der Waals surface area contributed by atoms with Crippen molar-refractivity contribution in [2.75, 3.05) is 26.4 Å². The smallest absolute Gasteiger partial charge is 0.343 e. The second-order valence-corrected chi connectivity index (χ2v) is 19.4. The van der Waals surface area contributed by atoms with Crippen molar-refractivity contribution in [1.82, 2.24) is 30.4 Å². The van der Waals surface area contributed by atoms with Crippen LogP contribution in [-0.2, 0) is 84.2 Å². The number of esters is 1. The molecule has 2 aromatic carbocycles. The summed E-state index contributed by atoms with van der Waals surface area (Å²) in [6.07, 6.45) is 4.37. The van der Waals surface area contributed by atoms with Gasteiger partial charge in [0.15, 0.2) is 23.0 Å². The molecule has 3 atom stereocenters. The van der Waals surface area contributed by atoms with Crippen LogP contribution in [0.2, 0.25) is 0 Å². The van der Waals surface area contributed by atoms with Crippen LogP contribution in [0.1, 0.15) is 122 Å². The molecule has 5 amide bonds. The number of amides is 5. The van der Waals surface area contributed by atoms with Crippen LogP contribution in [0.4, 0.5) is 4.39 Å². The number of imide groups is 1. The van der Waals surface area contributed by atoms with Crippen LogP contribution in [0, 0.1) is 12.7 Å². The van der Waals surface area contributed by atoms with Crippen LogP contribution >= 0.6 is 0 Å². The Morgan fingerprint density at radius 3 is 2.36 bits per heavy atom. The molecule has 5 heterocycles. The fourth-order valence-corrected chi connectivity index (χ4v) is 10.4. The Kier molecular flexibility index (Phi) is 16.7. The van der Waals surface area contributed by atoms with Crippen LogP contribution in [0.25, 0.3) is 22.3 Å². The number of nitrogens with one attached hydrogen (secondary N) is 3. The number of unbranched alkanes of at least 4 members (excludes halogenated alkanes) is 2. The van der Waals surface area contributed by atoms with Crippen molar-refractivity contribution in [3.05, 3.63) is 110 Å². The molecule has 4 N–H and O–H groups in total. The van der Waals surface area contributed by atoms with Gasteiger partial charge in [-0.1, -0.05) is 43.7 Å². The van der Waals surface area contributed by atoms with Gasteiger partial charge in [-0.15, -0.1) is 0 Å². The molecule has 0 saturated heterocycles. The standard InChI is InChI=1S/C55H59FN6O13/c1-3-55(73)39-24-43-52-37(27-62(43)53(71)38(39)29-75-54(55)72)50-33(13-15-36-31(2)40(56)25-42(60-52)51(36)50)23-35(64)28-74-30-58-46(67)18-16-44(65)41(22-32-10-6-4-7-11-32)59-47(68)17-14-34(63)26-57-45(66)12-8-5-9-21-61-48(69)19-20-49(61)70/h4,6-7,10-11,19-20,24-25,33,41,73H,3,5,8-9,12-18,21-23,26-30H2,1-2H3,(H,57,66)(H,58,67)(H,59,68)/t33-,41+,55+/m1/s1. The van der Waals surface area contributed by atoms with Gasteiger partial charge in [-0.3, -0.25) is 48.1 Å². The van der Waals surface area contributed by atoms with E-state index < -0.39 is 46.6 Å². The lowest BCUT2D eigenvalue weighted by Crippen LogP contribution is -2.44. The molecule has 2 aromatic heterocycles. The van der Waals surface area contributed by atoms with Crippen molar-refractivity contribution >= 4 is 63.8 Å². The molecule has 0 spiro atoms. The third kappa shape index (κ3) is 11.9. The molecule has 0 bridgehead atoms. The zero-order valence-electron chi connectivity index (χ0n) is 41.9. The lowest BCUT2D eigenvalue weighted by molar-refractivity contribution is -0.172. The maximum atomic E-state index is 15.4. The fourth-order valence-electron chi connectivity index (χ4n) is 10.4. The van der Waals surface area contributed by atoms with Crippen LogP contribution < -0.4 is 21.5 Å². The molecule has 1 aliphatic carbocycles. The Bertz CT molecular complexity index is 3080. The SMILES string of the molecule is CC[C@@]1(O)C(=O)OCc2c1cc1n(c2=O)Cc2c-1nc1cc(F)c(C)c3c1c2[C@@H](CC(=O)COCNC(=O)CCC(=O)[C@H](Cc1ccccc1)NC(=O)CCC(=O)CNC(=O)CCCCCN1C(=O)C=CC1=O)CC3. The summed E-state index contributed by atoms with van der Waals surface area (Å²) in [5.74, 6) is -4.92. The Labute approximate surface area is 430 Å². The summed E-state index contributed by atoms with van der Waals surface area (Å²) in [4.78, 5) is 134. The number of ether oxygens (including phenoxy) is 2. The highest BCUT2D eigenvalue weighted by molar-refractivity contribution is 6.12. The van der Waals surface area contributed by atoms with Crippen molar-refractivity contribution in [2.24, 2.45) is 0 Å². The van der Waals surface area contributed by atoms with Gasteiger partial charge in [0.1, 0.15) is 25.8 Å². The van der Waals surface area contributed by atoms with Gasteiger partial charge in [-0.05, 0) is 79.7 Å². The summed E-state index contributed by atoms with van der Waals surface area (Å²) in [5.41, 5.74) is 2.40. The van der Waals surface area contributed by atoms with Gasteiger partial charge in [0.25, 0.3) is 17.4 Å². The van der Waals surface area contributed by atoms with Gasteiger partial charge in [-0.2, -0.15) is 0 Å². The zero-order valence-corrected chi connectivity index (χ0v) is 41.9. The first-order chi connectivity index (χ1) is 36.0. The molecule has 0 saturated carbocycles. The van der Waals surface area contributed by atoms with Crippen molar-refractivity contribution in [3.8, 4) is 11.4 Å². The average Bonchev–Trinajstić information content (AvgIpc) is 3.98. The third-order valence-corrected chi connectivity index (χ3v) is 14.5. The highest BCUT2D eigenvalue weighted by Crippen LogP contribution is 2.47. The molecular formula is C55H59FN6O13. The van der Waals surface area contributed by atoms with Gasteiger partial charge in [-0.25, -0.2) is 14.2 Å². The summed E-state index contributed by atoms with van der Waals surface area (Å²) >= 11 is 0. The predicted molar refractivity (Wildman–Crippen MR) is 267 cm³/mol. The van der Waals surface area contributed by atoms with E-state index in [1.165, 1.54) is 22.8 Å². The minimum absolute atomic E-state index is 0.0267. The van der Waals surface area contributed by atoms with Gasteiger partial charge in [0.2, 0.25) is 17.7 Å². The zero-order chi connectivity index (χ0) is 53.6. The van der Waals surface area contributed by atoms with E-state index in [0.717, 1.165) is 27.0 Å². The maximum absolute atomic E-state index is 15.4.